The van der Waals surface area contributed by atoms with Gasteiger partial charge in [-0.1, -0.05) is 48.0 Å². The minimum atomic E-state index is -0.0179. The highest BCUT2D eigenvalue weighted by molar-refractivity contribution is 6.31. The zero-order valence-corrected chi connectivity index (χ0v) is 18.0. The van der Waals surface area contributed by atoms with Crippen molar-refractivity contribution in [1.82, 2.24) is 9.55 Å². The van der Waals surface area contributed by atoms with Crippen molar-refractivity contribution in [3.63, 3.8) is 0 Å². The quantitative estimate of drug-likeness (QED) is 0.359. The van der Waals surface area contributed by atoms with Crippen LogP contribution in [0.3, 0.4) is 0 Å². The second-order valence-electron chi connectivity index (χ2n) is 7.37. The third kappa shape index (κ3) is 3.96. The predicted octanol–water partition coefficient (Wildman–Crippen LogP) is 5.42. The molecule has 3 aromatic carbocycles. The van der Waals surface area contributed by atoms with E-state index < -0.39 is 0 Å². The molecular formula is C26H21ClN4O. The minimum Gasteiger partial charge on any atom is -0.394 e. The zero-order chi connectivity index (χ0) is 21.9. The van der Waals surface area contributed by atoms with E-state index in [-0.39, 0.29) is 6.61 Å². The van der Waals surface area contributed by atoms with E-state index in [0.29, 0.717) is 11.6 Å². The van der Waals surface area contributed by atoms with E-state index >= 15 is 0 Å². The Balaban J connectivity index is 1.83. The van der Waals surface area contributed by atoms with E-state index in [1.54, 1.807) is 0 Å². The number of nitrogens with zero attached hydrogens (tertiary/aromatic N) is 3. The Hall–Kier alpha value is -3.67. The molecule has 0 saturated heterocycles. The Morgan fingerprint density at radius 1 is 0.906 bits per heavy atom. The van der Waals surface area contributed by atoms with E-state index in [1.165, 1.54) is 0 Å². The first kappa shape index (κ1) is 20.2. The van der Waals surface area contributed by atoms with Crippen LogP contribution in [0.5, 0.6) is 0 Å². The number of benzene rings is 4. The molecule has 3 aromatic rings. The summed E-state index contributed by atoms with van der Waals surface area (Å²) < 4.78 is 2.16. The Morgan fingerprint density at radius 2 is 1.66 bits per heavy atom. The Morgan fingerprint density at radius 3 is 2.41 bits per heavy atom. The lowest BCUT2D eigenvalue weighted by Crippen LogP contribution is -2.15. The van der Waals surface area contributed by atoms with E-state index in [9.17, 15) is 5.11 Å². The van der Waals surface area contributed by atoms with Crippen LogP contribution >= 0.6 is 11.6 Å². The van der Waals surface area contributed by atoms with Crippen molar-refractivity contribution in [2.24, 2.45) is 4.99 Å². The van der Waals surface area contributed by atoms with Gasteiger partial charge in [0, 0.05) is 16.4 Å². The van der Waals surface area contributed by atoms with Crippen molar-refractivity contribution in [2.45, 2.75) is 0 Å². The summed E-state index contributed by atoms with van der Waals surface area (Å²) in [5.74, 6) is 0. The van der Waals surface area contributed by atoms with Gasteiger partial charge in [-0.25, -0.2) is 4.98 Å². The van der Waals surface area contributed by atoms with Crippen molar-refractivity contribution in [2.75, 3.05) is 18.5 Å². The number of hydrogen-bond acceptors (Lipinski definition) is 4. The first-order valence-electron chi connectivity index (χ1n) is 10.4. The second-order valence-corrected chi connectivity index (χ2v) is 7.81. The number of halogens is 1. The Bertz CT molecular complexity index is 1420. The Kier molecular flexibility index (Phi) is 5.58. The van der Waals surface area contributed by atoms with Gasteiger partial charge < -0.3 is 15.0 Å². The first-order chi connectivity index (χ1) is 15.7. The molecule has 0 unspecified atom stereocenters. The smallest absolute Gasteiger partial charge is 0.0900 e. The molecule has 1 aliphatic heterocycles. The van der Waals surface area contributed by atoms with Crippen molar-refractivity contribution < 1.29 is 5.11 Å². The fourth-order valence-electron chi connectivity index (χ4n) is 3.80. The maximum absolute atomic E-state index is 9.38. The van der Waals surface area contributed by atoms with E-state index in [4.69, 9.17) is 16.6 Å². The van der Waals surface area contributed by atoms with Gasteiger partial charge in [-0.3, -0.25) is 4.99 Å². The molecule has 1 heterocycles. The van der Waals surface area contributed by atoms with Gasteiger partial charge in [-0.2, -0.15) is 0 Å². The molecule has 158 valence electrons. The van der Waals surface area contributed by atoms with Crippen LogP contribution in [0.2, 0.25) is 5.02 Å². The van der Waals surface area contributed by atoms with Crippen LogP contribution in [0.15, 0.2) is 96.0 Å². The zero-order valence-electron chi connectivity index (χ0n) is 17.2. The maximum Gasteiger partial charge on any atom is 0.0900 e. The Labute approximate surface area is 190 Å². The van der Waals surface area contributed by atoms with Gasteiger partial charge in [-0.05, 0) is 54.6 Å². The summed E-state index contributed by atoms with van der Waals surface area (Å²) >= 11 is 6.29. The van der Waals surface area contributed by atoms with Gasteiger partial charge in [0.1, 0.15) is 0 Å². The lowest BCUT2D eigenvalue weighted by molar-refractivity contribution is 0.306. The van der Waals surface area contributed by atoms with Gasteiger partial charge in [-0.15, -0.1) is 0 Å². The molecule has 0 aromatic heterocycles. The molecule has 0 spiro atoms. The summed E-state index contributed by atoms with van der Waals surface area (Å²) in [6.45, 7) is 0.299. The highest BCUT2D eigenvalue weighted by Crippen LogP contribution is 2.31. The molecule has 0 amide bonds. The number of aliphatic hydroxyl groups is 1. The molecule has 0 radical (unpaired) electrons. The molecule has 1 aliphatic carbocycles. The van der Waals surface area contributed by atoms with E-state index in [2.05, 4.69) is 27.0 Å². The topological polar surface area (TPSA) is 62.4 Å². The van der Waals surface area contributed by atoms with Crippen molar-refractivity contribution in [3.8, 4) is 17.1 Å². The lowest BCUT2D eigenvalue weighted by atomic mass is 10.1. The molecule has 5 rings (SSSR count). The number of nitrogens with one attached hydrogen (secondary N) is 1. The summed E-state index contributed by atoms with van der Waals surface area (Å²) in [6, 6.07) is 29.8. The SMILES string of the molecule is OCCN=c1cc2n(-c3ccccc3)c3ccc(Cl)cc3nc-2cc1Nc1ccccc1. The number of aromatic nitrogens is 2. The molecule has 6 heteroatoms. The lowest BCUT2D eigenvalue weighted by Gasteiger charge is -2.20. The van der Waals surface area contributed by atoms with Crippen LogP contribution in [-0.2, 0) is 0 Å². The van der Waals surface area contributed by atoms with Crippen LogP contribution in [0.4, 0.5) is 11.4 Å². The van der Waals surface area contributed by atoms with Crippen LogP contribution in [-0.4, -0.2) is 27.8 Å². The van der Waals surface area contributed by atoms with Crippen LogP contribution in [0.25, 0.3) is 28.1 Å². The van der Waals surface area contributed by atoms with Crippen molar-refractivity contribution in [3.05, 3.63) is 101 Å². The summed E-state index contributed by atoms with van der Waals surface area (Å²) in [5.41, 5.74) is 6.28. The molecule has 2 aliphatic rings. The number of fused-ring (bicyclic) bond motifs is 2. The largest absolute Gasteiger partial charge is 0.394 e. The highest BCUT2D eigenvalue weighted by Gasteiger charge is 2.16. The van der Waals surface area contributed by atoms with Crippen LogP contribution in [0, 0.1) is 0 Å². The molecule has 0 atom stereocenters. The summed E-state index contributed by atoms with van der Waals surface area (Å²) in [5, 5.41) is 14.2. The molecule has 2 N–H and O–H groups in total. The molecular weight excluding hydrogens is 420 g/mol. The number of para-hydroxylation sites is 2. The monoisotopic (exact) mass is 440 g/mol. The van der Waals surface area contributed by atoms with Crippen molar-refractivity contribution in [1.29, 1.82) is 0 Å². The van der Waals surface area contributed by atoms with Gasteiger partial charge in [0.2, 0.25) is 0 Å². The molecule has 5 nitrogen and oxygen atoms in total. The summed E-state index contributed by atoms with van der Waals surface area (Å²) in [7, 11) is 0. The van der Waals surface area contributed by atoms with Crippen LogP contribution < -0.4 is 10.7 Å². The summed E-state index contributed by atoms with van der Waals surface area (Å²) in [6.07, 6.45) is 0. The number of hydrogen-bond donors (Lipinski definition) is 2. The van der Waals surface area contributed by atoms with Crippen LogP contribution in [0.1, 0.15) is 0 Å². The average molecular weight is 441 g/mol. The molecule has 0 saturated carbocycles. The number of rotatable bonds is 5. The second kappa shape index (κ2) is 8.83. The molecule has 0 bridgehead atoms. The fraction of sp³-hybridized carbons (Fsp3) is 0.0769. The average Bonchev–Trinajstić information content (AvgIpc) is 2.82. The van der Waals surface area contributed by atoms with Gasteiger partial charge >= 0.3 is 0 Å². The maximum atomic E-state index is 9.38. The molecule has 0 fully saturated rings. The summed E-state index contributed by atoms with van der Waals surface area (Å²) in [4.78, 5) is 9.54. The third-order valence-electron chi connectivity index (χ3n) is 5.20. The fourth-order valence-corrected chi connectivity index (χ4v) is 3.97. The molecule has 32 heavy (non-hydrogen) atoms. The standard InChI is InChI=1S/C26H21ClN4O/c27-18-11-12-25-23(15-18)30-24-16-22(29-19-7-3-1-4-8-19)21(28-13-14-32)17-26(24)31(25)20-9-5-2-6-10-20/h1-12,15-17,29,32H,13-14H2. The van der Waals surface area contributed by atoms with Gasteiger partial charge in [0.25, 0.3) is 0 Å². The number of anilines is 2. The minimum absolute atomic E-state index is 0.0179. The van der Waals surface area contributed by atoms with Gasteiger partial charge in [0.05, 0.1) is 46.6 Å². The third-order valence-corrected chi connectivity index (χ3v) is 5.44. The van der Waals surface area contributed by atoms with E-state index in [1.807, 2.05) is 78.9 Å². The van der Waals surface area contributed by atoms with Crippen molar-refractivity contribution >= 4 is 34.0 Å². The predicted molar refractivity (Wildman–Crippen MR) is 130 cm³/mol. The van der Waals surface area contributed by atoms with Gasteiger partial charge in [0.15, 0.2) is 0 Å². The number of aliphatic hydroxyl groups excluding tert-OH is 1. The normalized spacial score (nSPS) is 11.9. The van der Waals surface area contributed by atoms with E-state index in [0.717, 1.165) is 44.8 Å². The first-order valence-corrected chi connectivity index (χ1v) is 10.8. The highest BCUT2D eigenvalue weighted by atomic mass is 35.5.